The molecule has 1 rings (SSSR count). The zero-order valence-electron chi connectivity index (χ0n) is 9.09. The average molecular weight is 323 g/mol. The van der Waals surface area contributed by atoms with Crippen LogP contribution in [0.25, 0.3) is 0 Å². The van der Waals surface area contributed by atoms with Gasteiger partial charge in [-0.05, 0) is 40.8 Å². The first-order valence-electron chi connectivity index (χ1n) is 4.87. The first kappa shape index (κ1) is 12.3. The highest BCUT2D eigenvalue weighted by Gasteiger charge is 2.11. The first-order chi connectivity index (χ1) is 6.49. The van der Waals surface area contributed by atoms with Crippen molar-refractivity contribution < 1.29 is 4.74 Å². The fourth-order valence-corrected chi connectivity index (χ4v) is 2.30. The van der Waals surface area contributed by atoms with Gasteiger partial charge >= 0.3 is 0 Å². The monoisotopic (exact) mass is 323 g/mol. The minimum Gasteiger partial charge on any atom is -0.361 e. The quantitative estimate of drug-likeness (QED) is 0.460. The zero-order chi connectivity index (χ0) is 10.6. The average Bonchev–Trinajstić information content (AvgIpc) is 2.44. The van der Waals surface area contributed by atoms with Crippen molar-refractivity contribution in [1.82, 2.24) is 4.57 Å². The van der Waals surface area contributed by atoms with E-state index < -0.39 is 8.07 Å². The molecule has 0 saturated heterocycles. The minimum absolute atomic E-state index is 0.690. The summed E-state index contributed by atoms with van der Waals surface area (Å²) in [5.74, 6) is 0. The van der Waals surface area contributed by atoms with E-state index in [-0.39, 0.29) is 0 Å². The second-order valence-corrected chi connectivity index (χ2v) is 11.4. The van der Waals surface area contributed by atoms with E-state index in [1.54, 1.807) is 0 Å². The normalized spacial score (nSPS) is 12.0. The van der Waals surface area contributed by atoms with Crippen LogP contribution in [0.4, 0.5) is 0 Å². The van der Waals surface area contributed by atoms with Crippen LogP contribution in [0, 0.1) is 3.70 Å². The molecule has 4 heteroatoms. The van der Waals surface area contributed by atoms with Crippen molar-refractivity contribution in [2.45, 2.75) is 32.4 Å². The zero-order valence-corrected chi connectivity index (χ0v) is 12.2. The number of halogens is 1. The van der Waals surface area contributed by atoms with Crippen molar-refractivity contribution in [2.24, 2.45) is 0 Å². The molecule has 0 atom stereocenters. The molecule has 0 aliphatic heterocycles. The second kappa shape index (κ2) is 5.32. The minimum atomic E-state index is -0.929. The van der Waals surface area contributed by atoms with E-state index in [0.717, 1.165) is 6.61 Å². The Bertz CT molecular complexity index is 280. The van der Waals surface area contributed by atoms with Crippen LogP contribution in [-0.2, 0) is 11.5 Å². The topological polar surface area (TPSA) is 14.2 Å². The third-order valence-corrected chi connectivity index (χ3v) is 4.68. The summed E-state index contributed by atoms with van der Waals surface area (Å²) in [5.41, 5.74) is 0. The molecule has 1 heterocycles. The van der Waals surface area contributed by atoms with Gasteiger partial charge in [0.25, 0.3) is 0 Å². The fraction of sp³-hybridized carbons (Fsp3) is 0.600. The molecule has 0 N–H and O–H groups in total. The fourth-order valence-electron chi connectivity index (χ4n) is 1.04. The van der Waals surface area contributed by atoms with Gasteiger partial charge in [0.15, 0.2) is 0 Å². The molecule has 0 aliphatic rings. The Balaban J connectivity index is 2.20. The smallest absolute Gasteiger partial charge is 0.123 e. The van der Waals surface area contributed by atoms with E-state index in [9.17, 15) is 0 Å². The van der Waals surface area contributed by atoms with Gasteiger partial charge < -0.3 is 9.30 Å². The van der Waals surface area contributed by atoms with Crippen molar-refractivity contribution >= 4 is 30.7 Å². The molecule has 1 aromatic heterocycles. The van der Waals surface area contributed by atoms with Crippen molar-refractivity contribution in [1.29, 1.82) is 0 Å². The maximum atomic E-state index is 5.63. The van der Waals surface area contributed by atoms with E-state index >= 15 is 0 Å². The molecule has 0 radical (unpaired) electrons. The molecule has 0 amide bonds. The first-order valence-corrected chi connectivity index (χ1v) is 9.66. The van der Waals surface area contributed by atoms with E-state index in [4.69, 9.17) is 4.74 Å². The van der Waals surface area contributed by atoms with Crippen molar-refractivity contribution in [3.8, 4) is 0 Å². The molecule has 0 unspecified atom stereocenters. The lowest BCUT2D eigenvalue weighted by atomic mass is 10.7. The van der Waals surface area contributed by atoms with Gasteiger partial charge in [0.05, 0.1) is 3.70 Å². The molecule has 0 saturated carbocycles. The highest BCUT2D eigenvalue weighted by molar-refractivity contribution is 14.1. The van der Waals surface area contributed by atoms with Gasteiger partial charge in [-0.25, -0.2) is 0 Å². The van der Waals surface area contributed by atoms with Crippen LogP contribution in [0.2, 0.25) is 25.7 Å². The summed E-state index contributed by atoms with van der Waals surface area (Å²) in [6, 6.07) is 5.37. The predicted molar refractivity (Wildman–Crippen MR) is 71.3 cm³/mol. The number of aromatic nitrogens is 1. The van der Waals surface area contributed by atoms with Crippen LogP contribution in [0.3, 0.4) is 0 Å². The maximum Gasteiger partial charge on any atom is 0.123 e. The van der Waals surface area contributed by atoms with Crippen molar-refractivity contribution in [2.75, 3.05) is 6.61 Å². The highest BCUT2D eigenvalue weighted by Crippen LogP contribution is 2.09. The van der Waals surface area contributed by atoms with Gasteiger partial charge in [-0.1, -0.05) is 19.6 Å². The molecule has 14 heavy (non-hydrogen) atoms. The van der Waals surface area contributed by atoms with E-state index in [1.165, 1.54) is 9.74 Å². The summed E-state index contributed by atoms with van der Waals surface area (Å²) in [6.45, 7) is 8.70. The van der Waals surface area contributed by atoms with Gasteiger partial charge in [-0.3, -0.25) is 0 Å². The Hall–Kier alpha value is 0.187. The summed E-state index contributed by atoms with van der Waals surface area (Å²) in [5, 5.41) is 0. The molecule has 2 nitrogen and oxygen atoms in total. The van der Waals surface area contributed by atoms with Gasteiger partial charge in [0.2, 0.25) is 0 Å². The Labute approximate surface area is 101 Å². The summed E-state index contributed by atoms with van der Waals surface area (Å²) in [6.07, 6.45) is 2.05. The number of hydrogen-bond donors (Lipinski definition) is 0. The number of ether oxygens (including phenoxy) is 1. The lowest BCUT2D eigenvalue weighted by Crippen LogP contribution is -2.22. The van der Waals surface area contributed by atoms with Crippen LogP contribution in [0.1, 0.15) is 0 Å². The van der Waals surface area contributed by atoms with Crippen LogP contribution < -0.4 is 0 Å². The molecule has 80 valence electrons. The van der Waals surface area contributed by atoms with Crippen LogP contribution >= 0.6 is 22.6 Å². The van der Waals surface area contributed by atoms with Crippen molar-refractivity contribution in [3.63, 3.8) is 0 Å². The molecule has 1 aromatic rings. The molecule has 0 fully saturated rings. The van der Waals surface area contributed by atoms with Gasteiger partial charge in [0.1, 0.15) is 6.73 Å². The summed E-state index contributed by atoms with van der Waals surface area (Å²) >= 11 is 2.32. The van der Waals surface area contributed by atoms with E-state index in [2.05, 4.69) is 59.1 Å². The van der Waals surface area contributed by atoms with Gasteiger partial charge in [0, 0.05) is 20.9 Å². The van der Waals surface area contributed by atoms with Crippen molar-refractivity contribution in [3.05, 3.63) is 22.0 Å². The molecular formula is C10H18INOSi. The largest absolute Gasteiger partial charge is 0.361 e. The maximum absolute atomic E-state index is 5.63. The summed E-state index contributed by atoms with van der Waals surface area (Å²) < 4.78 is 8.98. The number of rotatable bonds is 5. The summed E-state index contributed by atoms with van der Waals surface area (Å²) in [4.78, 5) is 0. The predicted octanol–water partition coefficient (Wildman–Crippen LogP) is 3.41. The Morgan fingerprint density at radius 2 is 2.14 bits per heavy atom. The van der Waals surface area contributed by atoms with Crippen LogP contribution in [0.5, 0.6) is 0 Å². The van der Waals surface area contributed by atoms with Gasteiger partial charge in [-0.15, -0.1) is 0 Å². The Morgan fingerprint density at radius 3 is 2.64 bits per heavy atom. The third-order valence-electron chi connectivity index (χ3n) is 2.00. The van der Waals surface area contributed by atoms with E-state index in [0.29, 0.717) is 6.73 Å². The lowest BCUT2D eigenvalue weighted by molar-refractivity contribution is 0.0859. The second-order valence-electron chi connectivity index (χ2n) is 4.65. The highest BCUT2D eigenvalue weighted by atomic mass is 127. The molecule has 0 aromatic carbocycles. The SMILES string of the molecule is C[Si](C)(C)CCOCn1cccc1I. The van der Waals surface area contributed by atoms with Gasteiger partial charge in [-0.2, -0.15) is 0 Å². The third kappa shape index (κ3) is 4.61. The summed E-state index contributed by atoms with van der Waals surface area (Å²) in [7, 11) is -0.929. The van der Waals surface area contributed by atoms with Crippen LogP contribution in [-0.4, -0.2) is 19.2 Å². The molecular weight excluding hydrogens is 305 g/mol. The van der Waals surface area contributed by atoms with E-state index in [1.807, 2.05) is 6.07 Å². The standard InChI is InChI=1S/C10H18INOSi/c1-14(2,3)8-7-13-9-12-6-4-5-10(12)11/h4-6H,7-9H2,1-3H3. The Morgan fingerprint density at radius 1 is 1.43 bits per heavy atom. The number of hydrogen-bond acceptors (Lipinski definition) is 1. The van der Waals surface area contributed by atoms with Crippen LogP contribution in [0.15, 0.2) is 18.3 Å². The lowest BCUT2D eigenvalue weighted by Gasteiger charge is -2.15. The molecule has 0 spiro atoms. The number of nitrogens with zero attached hydrogens (tertiary/aromatic N) is 1. The molecule has 0 aliphatic carbocycles. The molecule has 0 bridgehead atoms. The Kier molecular flexibility index (Phi) is 4.66.